The van der Waals surface area contributed by atoms with Crippen LogP contribution in [0.25, 0.3) is 22.3 Å². The van der Waals surface area contributed by atoms with Crippen LogP contribution < -0.4 is 19.6 Å². The molecule has 0 amide bonds. The summed E-state index contributed by atoms with van der Waals surface area (Å²) in [5, 5.41) is 115. The van der Waals surface area contributed by atoms with Crippen LogP contribution in [0.15, 0.2) is 51.7 Å². The number of phenolic OH excluding ortho intramolecular Hbond substituents is 1. The molecule has 3 fully saturated rings. The highest BCUT2D eigenvalue weighted by molar-refractivity contribution is 5.91. The van der Waals surface area contributed by atoms with E-state index >= 15 is 0 Å². The fourth-order valence-electron chi connectivity index (χ4n) is 6.90. The van der Waals surface area contributed by atoms with Gasteiger partial charge < -0.3 is 93.7 Å². The van der Waals surface area contributed by atoms with Crippen molar-refractivity contribution in [2.24, 2.45) is 0 Å². The summed E-state index contributed by atoms with van der Waals surface area (Å²) in [5.74, 6) is -1.45. The van der Waals surface area contributed by atoms with E-state index < -0.39 is 121 Å². The Kier molecular flexibility index (Phi) is 13.6. The first-order valence-electron chi connectivity index (χ1n) is 18.4. The second-order valence-electron chi connectivity index (χ2n) is 14.2. The van der Waals surface area contributed by atoms with Gasteiger partial charge in [0.05, 0.1) is 32.5 Å². The molecule has 58 heavy (non-hydrogen) atoms. The monoisotopic (exact) mass is 824 g/mol. The smallest absolute Gasteiger partial charge is 0.239 e. The van der Waals surface area contributed by atoms with E-state index in [0.717, 1.165) is 6.07 Å². The lowest BCUT2D eigenvalue weighted by Crippen LogP contribution is -2.63. The van der Waals surface area contributed by atoms with Crippen molar-refractivity contribution >= 4 is 11.0 Å². The molecule has 0 spiro atoms. The van der Waals surface area contributed by atoms with Crippen molar-refractivity contribution in [2.75, 3.05) is 20.3 Å². The van der Waals surface area contributed by atoms with Crippen molar-refractivity contribution in [1.82, 2.24) is 0 Å². The zero-order valence-electron chi connectivity index (χ0n) is 31.4. The molecule has 0 saturated carbocycles. The lowest BCUT2D eigenvalue weighted by Gasteiger charge is -2.45. The van der Waals surface area contributed by atoms with Crippen molar-refractivity contribution in [3.8, 4) is 34.3 Å². The number of rotatable bonds is 12. The number of fused-ring (bicyclic) bond motifs is 1. The van der Waals surface area contributed by atoms with Gasteiger partial charge in [0, 0.05) is 17.2 Å². The lowest BCUT2D eigenvalue weighted by atomic mass is 9.98. The normalized spacial score (nSPS) is 35.6. The lowest BCUT2D eigenvalue weighted by molar-refractivity contribution is -0.352. The number of ether oxygens (including phenoxy) is 7. The van der Waals surface area contributed by atoms with Crippen LogP contribution in [-0.2, 0) is 25.4 Å². The minimum absolute atomic E-state index is 0.0495. The Morgan fingerprint density at radius 1 is 0.724 bits per heavy atom. The molecule has 3 aliphatic rings. The first-order valence-corrected chi connectivity index (χ1v) is 18.4. The Bertz CT molecular complexity index is 1950. The molecule has 4 heterocycles. The molecule has 3 aliphatic heterocycles. The molecule has 0 radical (unpaired) electrons. The maximum atomic E-state index is 14.7. The number of aromatic hydroxyl groups is 1. The second-order valence-corrected chi connectivity index (χ2v) is 14.2. The molecule has 2 aromatic carbocycles. The van der Waals surface area contributed by atoms with Crippen LogP contribution in [-0.4, -0.2) is 169 Å². The highest BCUT2D eigenvalue weighted by Crippen LogP contribution is 2.42. The van der Waals surface area contributed by atoms with Crippen LogP contribution in [0.1, 0.15) is 19.4 Å². The molecule has 0 aliphatic carbocycles. The summed E-state index contributed by atoms with van der Waals surface area (Å²) in [6, 6.07) is 7.09. The van der Waals surface area contributed by atoms with Crippen LogP contribution in [0.3, 0.4) is 0 Å². The van der Waals surface area contributed by atoms with Gasteiger partial charge in [-0.2, -0.15) is 0 Å². The SMILES string of the molecule is COc1ccc(-c2oc3c(CC=CCO)c(O[C@@H]4O[C@H](CO)[C@@H](O)[C@H](O)[C@H]4O)cc(O)c3c(=O)c2O[C@@H]2O[C@@H](C)[C@H](O)[C@@H](O)[C@H]2O[C@@H]2O[C@@H](C)[C@H](O)[C@@H](O)[C@H]2O)cc1. The summed E-state index contributed by atoms with van der Waals surface area (Å²) in [4.78, 5) is 14.7. The summed E-state index contributed by atoms with van der Waals surface area (Å²) < 4.78 is 46.6. The predicted molar refractivity (Wildman–Crippen MR) is 195 cm³/mol. The van der Waals surface area contributed by atoms with E-state index in [1.807, 2.05) is 0 Å². The molecular formula is C38H48O20. The molecule has 20 heteroatoms. The zero-order valence-corrected chi connectivity index (χ0v) is 31.4. The van der Waals surface area contributed by atoms with E-state index in [4.69, 9.17) is 37.6 Å². The number of methoxy groups -OCH3 is 1. The summed E-state index contributed by atoms with van der Waals surface area (Å²) in [7, 11) is 1.43. The molecule has 11 N–H and O–H groups in total. The quantitative estimate of drug-likeness (QED) is 0.0841. The maximum Gasteiger partial charge on any atom is 0.239 e. The maximum absolute atomic E-state index is 14.7. The van der Waals surface area contributed by atoms with Gasteiger partial charge in [0.2, 0.25) is 23.8 Å². The van der Waals surface area contributed by atoms with E-state index in [-0.39, 0.29) is 41.2 Å². The number of aliphatic hydroxyl groups excluding tert-OH is 10. The number of hydrogen-bond acceptors (Lipinski definition) is 20. The van der Waals surface area contributed by atoms with Crippen LogP contribution in [0.5, 0.6) is 23.0 Å². The summed E-state index contributed by atoms with van der Waals surface area (Å²) in [6.45, 7) is 1.66. The largest absolute Gasteiger partial charge is 0.507 e. The highest BCUT2D eigenvalue weighted by Gasteiger charge is 2.51. The standard InChI is InChI=1S/C38H48O20/c1-14-23(42)27(46)30(49)36(52-14)58-35-29(48)24(43)15(2)53-38(35)57-34-26(45)22-19(41)12-20(54-37-31(50)28(47)25(44)21(13-40)55-37)18(6-4-5-11-39)33(22)56-32(34)16-7-9-17(51-3)10-8-16/h4-5,7-10,12,14-15,21,23-25,27-31,35-44,46-50H,6,11,13H2,1-3H3/t14-,15-,21+,23-,24-,25+,27+,28-,29+,30+,31+,35+,36-,37+,38-/m0/s1. The second kappa shape index (κ2) is 18.1. The van der Waals surface area contributed by atoms with Crippen LogP contribution in [0.4, 0.5) is 0 Å². The average molecular weight is 825 g/mol. The van der Waals surface area contributed by atoms with Crippen LogP contribution in [0.2, 0.25) is 0 Å². The number of phenols is 1. The average Bonchev–Trinajstić information content (AvgIpc) is 3.21. The number of allylic oxidation sites excluding steroid dienone is 1. The van der Waals surface area contributed by atoms with E-state index in [2.05, 4.69) is 0 Å². The molecule has 3 saturated heterocycles. The minimum atomic E-state index is -1.85. The van der Waals surface area contributed by atoms with Gasteiger partial charge >= 0.3 is 0 Å². The Morgan fingerprint density at radius 3 is 1.98 bits per heavy atom. The fraction of sp³-hybridized carbons (Fsp3) is 0.553. The minimum Gasteiger partial charge on any atom is -0.507 e. The molecule has 6 rings (SSSR count). The third-order valence-electron chi connectivity index (χ3n) is 10.3. The Labute approximate surface area is 329 Å². The first-order chi connectivity index (χ1) is 27.6. The van der Waals surface area contributed by atoms with Gasteiger partial charge in [-0.3, -0.25) is 4.79 Å². The molecule has 1 aromatic heterocycles. The van der Waals surface area contributed by atoms with E-state index in [1.54, 1.807) is 0 Å². The van der Waals surface area contributed by atoms with Gasteiger partial charge in [-0.25, -0.2) is 0 Å². The first kappa shape index (κ1) is 43.6. The van der Waals surface area contributed by atoms with Crippen LogP contribution >= 0.6 is 0 Å². The number of aliphatic hydroxyl groups is 10. The Hall–Kier alpha value is -3.97. The van der Waals surface area contributed by atoms with Crippen molar-refractivity contribution in [3.05, 3.63) is 58.3 Å². The van der Waals surface area contributed by atoms with Crippen LogP contribution in [0, 0.1) is 0 Å². The van der Waals surface area contributed by atoms with E-state index in [1.165, 1.54) is 57.4 Å². The van der Waals surface area contributed by atoms with Gasteiger partial charge in [-0.1, -0.05) is 12.2 Å². The fourth-order valence-corrected chi connectivity index (χ4v) is 6.90. The summed E-state index contributed by atoms with van der Waals surface area (Å²) in [5.41, 5.74) is -1.04. The zero-order chi connectivity index (χ0) is 42.2. The molecule has 15 atom stereocenters. The van der Waals surface area contributed by atoms with Crippen molar-refractivity contribution in [2.45, 2.75) is 112 Å². The summed E-state index contributed by atoms with van der Waals surface area (Å²) >= 11 is 0. The van der Waals surface area contributed by atoms with Gasteiger partial charge in [-0.15, -0.1) is 0 Å². The molecule has 3 aromatic rings. The molecule has 320 valence electrons. The predicted octanol–water partition coefficient (Wildman–Crippen LogP) is -2.50. The van der Waals surface area contributed by atoms with Gasteiger partial charge in [0.25, 0.3) is 0 Å². The third kappa shape index (κ3) is 8.40. The number of benzene rings is 2. The molecule has 0 unspecified atom stereocenters. The summed E-state index contributed by atoms with van der Waals surface area (Å²) in [6.07, 6.45) is -21.6. The van der Waals surface area contributed by atoms with Crippen molar-refractivity contribution < 1.29 is 93.7 Å². The van der Waals surface area contributed by atoms with Gasteiger partial charge in [-0.05, 0) is 44.5 Å². The third-order valence-corrected chi connectivity index (χ3v) is 10.3. The Balaban J connectivity index is 1.50. The molecule has 20 nitrogen and oxygen atoms in total. The van der Waals surface area contributed by atoms with E-state index in [9.17, 15) is 61.0 Å². The number of hydrogen-bond donors (Lipinski definition) is 11. The Morgan fingerprint density at radius 2 is 1.34 bits per heavy atom. The topological polar surface area (TPSA) is 317 Å². The van der Waals surface area contributed by atoms with E-state index in [0.29, 0.717) is 5.75 Å². The van der Waals surface area contributed by atoms with Crippen molar-refractivity contribution in [1.29, 1.82) is 0 Å². The van der Waals surface area contributed by atoms with Gasteiger partial charge in [0.1, 0.15) is 83.2 Å². The highest BCUT2D eigenvalue weighted by atomic mass is 16.8. The van der Waals surface area contributed by atoms with Gasteiger partial charge in [0.15, 0.2) is 18.2 Å². The molecular weight excluding hydrogens is 776 g/mol. The van der Waals surface area contributed by atoms with Crippen molar-refractivity contribution in [3.63, 3.8) is 0 Å². The molecule has 0 bridgehead atoms.